The van der Waals surface area contributed by atoms with Gasteiger partial charge < -0.3 is 15.4 Å². The molecule has 0 bridgehead atoms. The molecule has 1 saturated heterocycles. The van der Waals surface area contributed by atoms with Crippen LogP contribution in [0.2, 0.25) is 0 Å². The van der Waals surface area contributed by atoms with E-state index < -0.39 is 0 Å². The van der Waals surface area contributed by atoms with Crippen molar-refractivity contribution in [3.05, 3.63) is 22.4 Å². The molecule has 0 saturated carbocycles. The van der Waals surface area contributed by atoms with Crippen molar-refractivity contribution in [2.24, 2.45) is 4.99 Å². The Morgan fingerprint density at radius 2 is 2.36 bits per heavy atom. The molecule has 2 rings (SSSR count). The van der Waals surface area contributed by atoms with Crippen LogP contribution >= 0.6 is 35.3 Å². The van der Waals surface area contributed by atoms with Crippen molar-refractivity contribution in [1.82, 2.24) is 15.5 Å². The molecule has 2 heterocycles. The minimum atomic E-state index is 0. The fourth-order valence-corrected chi connectivity index (χ4v) is 3.29. The summed E-state index contributed by atoms with van der Waals surface area (Å²) in [6.07, 6.45) is 2.52. The van der Waals surface area contributed by atoms with Crippen LogP contribution in [0.25, 0.3) is 0 Å². The van der Waals surface area contributed by atoms with Crippen LogP contribution in [0, 0.1) is 0 Å². The van der Waals surface area contributed by atoms with Gasteiger partial charge in [-0.2, -0.15) is 0 Å². The first-order valence-electron chi connectivity index (χ1n) is 7.53. The number of hydrogen-bond donors (Lipinski definition) is 2. The Kier molecular flexibility index (Phi) is 10.0. The van der Waals surface area contributed by atoms with E-state index in [1.807, 2.05) is 7.05 Å². The number of rotatable bonds is 7. The normalized spacial score (nSPS) is 19.0. The molecule has 1 aliphatic heterocycles. The van der Waals surface area contributed by atoms with Gasteiger partial charge >= 0.3 is 0 Å². The number of thiophene rings is 1. The summed E-state index contributed by atoms with van der Waals surface area (Å²) in [5.41, 5.74) is 0. The third kappa shape index (κ3) is 6.39. The van der Waals surface area contributed by atoms with E-state index in [-0.39, 0.29) is 24.0 Å². The van der Waals surface area contributed by atoms with Crippen molar-refractivity contribution in [1.29, 1.82) is 0 Å². The number of methoxy groups -OCH3 is 1. The standard InChI is InChI=1S/C15H26N4OS.HI/c1-16-15(18-12-14-6-4-10-21-14)17-11-13-5-3-7-19(13)8-9-20-2;/h4,6,10,13H,3,5,7-9,11-12H2,1-2H3,(H2,16,17,18);1H. The monoisotopic (exact) mass is 438 g/mol. The van der Waals surface area contributed by atoms with Crippen molar-refractivity contribution < 1.29 is 4.74 Å². The van der Waals surface area contributed by atoms with Gasteiger partial charge in [0.15, 0.2) is 5.96 Å². The topological polar surface area (TPSA) is 48.9 Å². The predicted octanol–water partition coefficient (Wildman–Crippen LogP) is 2.14. The average molecular weight is 438 g/mol. The summed E-state index contributed by atoms with van der Waals surface area (Å²) in [5.74, 6) is 0.877. The zero-order valence-electron chi connectivity index (χ0n) is 13.4. The molecule has 126 valence electrons. The Morgan fingerprint density at radius 1 is 1.50 bits per heavy atom. The zero-order chi connectivity index (χ0) is 14.9. The number of aliphatic imine (C=N–C) groups is 1. The second-order valence-corrected chi connectivity index (χ2v) is 6.24. The highest BCUT2D eigenvalue weighted by molar-refractivity contribution is 14.0. The van der Waals surface area contributed by atoms with Crippen molar-refractivity contribution in [3.8, 4) is 0 Å². The van der Waals surface area contributed by atoms with Gasteiger partial charge in [0.05, 0.1) is 13.2 Å². The molecular weight excluding hydrogens is 411 g/mol. The molecule has 0 aromatic carbocycles. The summed E-state index contributed by atoms with van der Waals surface area (Å²) in [4.78, 5) is 8.11. The second kappa shape index (κ2) is 11.2. The molecule has 2 N–H and O–H groups in total. The molecule has 7 heteroatoms. The maximum Gasteiger partial charge on any atom is 0.191 e. The van der Waals surface area contributed by atoms with Crippen LogP contribution in [-0.4, -0.2) is 57.3 Å². The number of nitrogens with one attached hydrogen (secondary N) is 2. The Balaban J connectivity index is 0.00000242. The first-order chi connectivity index (χ1) is 10.3. The van der Waals surface area contributed by atoms with Gasteiger partial charge in [0.25, 0.3) is 0 Å². The SMILES string of the molecule is CN=C(NCc1cccs1)NCC1CCCN1CCOC.I. The highest BCUT2D eigenvalue weighted by Gasteiger charge is 2.23. The number of halogens is 1. The number of likely N-dealkylation sites (tertiary alicyclic amines) is 1. The van der Waals surface area contributed by atoms with E-state index in [1.54, 1.807) is 18.4 Å². The van der Waals surface area contributed by atoms with Crippen LogP contribution in [0.1, 0.15) is 17.7 Å². The van der Waals surface area contributed by atoms with Crippen LogP contribution in [0.3, 0.4) is 0 Å². The van der Waals surface area contributed by atoms with E-state index in [0.717, 1.165) is 32.2 Å². The summed E-state index contributed by atoms with van der Waals surface area (Å²) in [6.45, 7) is 4.77. The minimum Gasteiger partial charge on any atom is -0.383 e. The third-order valence-electron chi connectivity index (χ3n) is 3.82. The Bertz CT molecular complexity index is 427. The fourth-order valence-electron chi connectivity index (χ4n) is 2.65. The summed E-state index contributed by atoms with van der Waals surface area (Å²) < 4.78 is 5.18. The molecule has 1 unspecified atom stereocenters. The number of guanidine groups is 1. The van der Waals surface area contributed by atoms with E-state index in [9.17, 15) is 0 Å². The Morgan fingerprint density at radius 3 is 3.05 bits per heavy atom. The number of hydrogen-bond acceptors (Lipinski definition) is 4. The van der Waals surface area contributed by atoms with Crippen LogP contribution in [0.5, 0.6) is 0 Å². The van der Waals surface area contributed by atoms with Crippen molar-refractivity contribution >= 4 is 41.3 Å². The molecule has 5 nitrogen and oxygen atoms in total. The second-order valence-electron chi connectivity index (χ2n) is 5.21. The first kappa shape index (κ1) is 19.7. The lowest BCUT2D eigenvalue weighted by molar-refractivity contribution is 0.141. The van der Waals surface area contributed by atoms with Gasteiger partial charge in [-0.25, -0.2) is 0 Å². The van der Waals surface area contributed by atoms with Gasteiger partial charge in [-0.1, -0.05) is 6.07 Å². The fraction of sp³-hybridized carbons (Fsp3) is 0.667. The van der Waals surface area contributed by atoms with Gasteiger partial charge in [-0.3, -0.25) is 9.89 Å². The molecule has 1 aliphatic rings. The van der Waals surface area contributed by atoms with Gasteiger partial charge in [0, 0.05) is 38.2 Å². The lowest BCUT2D eigenvalue weighted by Crippen LogP contribution is -2.45. The van der Waals surface area contributed by atoms with Crippen LogP contribution in [-0.2, 0) is 11.3 Å². The summed E-state index contributed by atoms with van der Waals surface area (Å²) in [7, 11) is 3.58. The highest BCUT2D eigenvalue weighted by atomic mass is 127. The molecule has 0 aliphatic carbocycles. The predicted molar refractivity (Wildman–Crippen MR) is 104 cm³/mol. The lowest BCUT2D eigenvalue weighted by atomic mass is 10.2. The van der Waals surface area contributed by atoms with Crippen LogP contribution in [0.15, 0.2) is 22.5 Å². The van der Waals surface area contributed by atoms with Crippen LogP contribution in [0.4, 0.5) is 0 Å². The quantitative estimate of drug-likeness (QED) is 0.389. The average Bonchev–Trinajstić information content (AvgIpc) is 3.16. The molecule has 1 aromatic heterocycles. The van der Waals surface area contributed by atoms with Crippen molar-refractivity contribution in [2.75, 3.05) is 40.4 Å². The molecule has 0 spiro atoms. The van der Waals surface area contributed by atoms with E-state index in [0.29, 0.717) is 6.04 Å². The summed E-state index contributed by atoms with van der Waals surface area (Å²) >= 11 is 1.76. The smallest absolute Gasteiger partial charge is 0.191 e. The summed E-state index contributed by atoms with van der Waals surface area (Å²) in [5, 5.41) is 8.90. The van der Waals surface area contributed by atoms with Crippen molar-refractivity contribution in [3.63, 3.8) is 0 Å². The van der Waals surface area contributed by atoms with Gasteiger partial charge in [-0.15, -0.1) is 35.3 Å². The van der Waals surface area contributed by atoms with E-state index in [1.165, 1.54) is 24.3 Å². The third-order valence-corrected chi connectivity index (χ3v) is 4.70. The number of nitrogens with zero attached hydrogens (tertiary/aromatic N) is 2. The van der Waals surface area contributed by atoms with E-state index in [4.69, 9.17) is 4.74 Å². The summed E-state index contributed by atoms with van der Waals surface area (Å²) in [6, 6.07) is 4.79. The van der Waals surface area contributed by atoms with Gasteiger partial charge in [-0.05, 0) is 30.8 Å². The zero-order valence-corrected chi connectivity index (χ0v) is 16.5. The van der Waals surface area contributed by atoms with E-state index >= 15 is 0 Å². The molecule has 1 fully saturated rings. The Labute approximate surface area is 154 Å². The highest BCUT2D eigenvalue weighted by Crippen LogP contribution is 2.15. The van der Waals surface area contributed by atoms with Gasteiger partial charge in [0.1, 0.15) is 0 Å². The Hall–Kier alpha value is -0.380. The molecular formula is C15H27IN4OS. The number of ether oxygens (including phenoxy) is 1. The molecule has 0 radical (unpaired) electrons. The van der Waals surface area contributed by atoms with Crippen molar-refractivity contribution in [2.45, 2.75) is 25.4 Å². The molecule has 1 aromatic rings. The van der Waals surface area contributed by atoms with E-state index in [2.05, 4.69) is 38.0 Å². The van der Waals surface area contributed by atoms with Crippen LogP contribution < -0.4 is 10.6 Å². The lowest BCUT2D eigenvalue weighted by Gasteiger charge is -2.25. The largest absolute Gasteiger partial charge is 0.383 e. The maximum absolute atomic E-state index is 5.18. The molecule has 1 atom stereocenters. The van der Waals surface area contributed by atoms with Gasteiger partial charge in [0.2, 0.25) is 0 Å². The maximum atomic E-state index is 5.18. The molecule has 22 heavy (non-hydrogen) atoms. The minimum absolute atomic E-state index is 0. The molecule has 0 amide bonds. The first-order valence-corrected chi connectivity index (χ1v) is 8.41.